The number of ether oxygens (including phenoxy) is 2. The van der Waals surface area contributed by atoms with Crippen LogP contribution in [0, 0.1) is 5.82 Å². The molecule has 3 aromatic rings. The van der Waals surface area contributed by atoms with Crippen LogP contribution in [0.1, 0.15) is 45.4 Å². The number of aromatic amines is 1. The number of benzene rings is 1. The van der Waals surface area contributed by atoms with Crippen LogP contribution in [0.4, 0.5) is 10.2 Å². The van der Waals surface area contributed by atoms with E-state index in [2.05, 4.69) is 19.9 Å². The third-order valence-electron chi connectivity index (χ3n) is 6.53. The van der Waals surface area contributed by atoms with E-state index in [0.717, 1.165) is 62.1 Å². The number of hydrogen-bond donors (Lipinski definition) is 1. The normalized spacial score (nSPS) is 23.2. The predicted octanol–water partition coefficient (Wildman–Crippen LogP) is 4.62. The molecule has 1 saturated carbocycles. The van der Waals surface area contributed by atoms with Crippen molar-refractivity contribution in [1.82, 2.24) is 15.0 Å². The zero-order chi connectivity index (χ0) is 22.8. The SMILES string of the molecule is CCC(=O)OC1CCC(OC2CCN(c3ccc(-c4nc5ccc(F)cc5[nH]4)cn3)C2)CC1. The molecule has 1 aliphatic heterocycles. The fourth-order valence-corrected chi connectivity index (χ4v) is 4.71. The van der Waals surface area contributed by atoms with Crippen LogP contribution in [0.3, 0.4) is 0 Å². The second-order valence-corrected chi connectivity index (χ2v) is 8.89. The number of nitrogens with one attached hydrogen (secondary N) is 1. The van der Waals surface area contributed by atoms with Gasteiger partial charge in [-0.05, 0) is 62.4 Å². The number of imidazole rings is 1. The molecule has 2 fully saturated rings. The summed E-state index contributed by atoms with van der Waals surface area (Å²) in [6.07, 6.45) is 7.32. The Kier molecular flexibility index (Phi) is 6.26. The van der Waals surface area contributed by atoms with Crippen molar-refractivity contribution < 1.29 is 18.7 Å². The van der Waals surface area contributed by atoms with Gasteiger partial charge >= 0.3 is 5.97 Å². The molecule has 1 unspecified atom stereocenters. The van der Waals surface area contributed by atoms with Gasteiger partial charge in [0.05, 0.1) is 23.2 Å². The van der Waals surface area contributed by atoms with Crippen molar-refractivity contribution in [3.63, 3.8) is 0 Å². The lowest BCUT2D eigenvalue weighted by Crippen LogP contribution is -2.32. The molecule has 0 bridgehead atoms. The minimum atomic E-state index is -0.287. The van der Waals surface area contributed by atoms with Crippen LogP contribution in [0.5, 0.6) is 0 Å². The number of pyridine rings is 1. The average molecular weight is 453 g/mol. The van der Waals surface area contributed by atoms with Crippen LogP contribution in [0.2, 0.25) is 0 Å². The van der Waals surface area contributed by atoms with Gasteiger partial charge in [0.15, 0.2) is 0 Å². The van der Waals surface area contributed by atoms with E-state index in [-0.39, 0.29) is 30.1 Å². The Morgan fingerprint density at radius 1 is 1.12 bits per heavy atom. The van der Waals surface area contributed by atoms with E-state index in [4.69, 9.17) is 9.47 Å². The molecular formula is C25H29FN4O3. The van der Waals surface area contributed by atoms with Gasteiger partial charge in [0.1, 0.15) is 23.6 Å². The maximum Gasteiger partial charge on any atom is 0.305 e. The first-order valence-electron chi connectivity index (χ1n) is 11.8. The van der Waals surface area contributed by atoms with Gasteiger partial charge in [0, 0.05) is 31.3 Å². The van der Waals surface area contributed by atoms with Crippen molar-refractivity contribution in [3.8, 4) is 11.4 Å². The van der Waals surface area contributed by atoms with Crippen molar-refractivity contribution in [3.05, 3.63) is 42.3 Å². The maximum absolute atomic E-state index is 13.4. The average Bonchev–Trinajstić information content (AvgIpc) is 3.47. The minimum absolute atomic E-state index is 0.0471. The van der Waals surface area contributed by atoms with Crippen LogP contribution in [-0.2, 0) is 14.3 Å². The summed E-state index contributed by atoms with van der Waals surface area (Å²) in [5.41, 5.74) is 2.27. The Bertz CT molecular complexity index is 1110. The first kappa shape index (κ1) is 21.8. The lowest BCUT2D eigenvalue weighted by atomic mass is 9.94. The number of halogens is 1. The molecule has 1 aliphatic carbocycles. The van der Waals surface area contributed by atoms with E-state index in [1.807, 2.05) is 19.1 Å². The molecule has 2 aliphatic rings. The number of nitrogens with zero attached hydrogens (tertiary/aromatic N) is 3. The van der Waals surface area contributed by atoms with Crippen molar-refractivity contribution in [2.75, 3.05) is 18.0 Å². The molecule has 1 aromatic carbocycles. The first-order valence-corrected chi connectivity index (χ1v) is 11.8. The zero-order valence-corrected chi connectivity index (χ0v) is 18.8. The van der Waals surface area contributed by atoms with E-state index >= 15 is 0 Å². The second kappa shape index (κ2) is 9.47. The molecule has 0 radical (unpaired) electrons. The van der Waals surface area contributed by atoms with E-state index in [1.165, 1.54) is 12.1 Å². The summed E-state index contributed by atoms with van der Waals surface area (Å²) in [7, 11) is 0. The highest BCUT2D eigenvalue weighted by Crippen LogP contribution is 2.29. The van der Waals surface area contributed by atoms with Crippen LogP contribution < -0.4 is 4.90 Å². The number of anilines is 1. The van der Waals surface area contributed by atoms with Crippen molar-refractivity contribution in [2.24, 2.45) is 0 Å². The molecular weight excluding hydrogens is 423 g/mol. The van der Waals surface area contributed by atoms with Crippen LogP contribution >= 0.6 is 0 Å². The molecule has 0 spiro atoms. The number of carbonyl (C=O) groups is 1. The van der Waals surface area contributed by atoms with Crippen molar-refractivity contribution >= 4 is 22.8 Å². The third kappa shape index (κ3) is 5.00. The molecule has 174 valence electrons. The molecule has 1 saturated heterocycles. The highest BCUT2D eigenvalue weighted by Gasteiger charge is 2.30. The molecule has 33 heavy (non-hydrogen) atoms. The molecule has 0 amide bonds. The van der Waals surface area contributed by atoms with Gasteiger partial charge in [-0.1, -0.05) is 6.92 Å². The van der Waals surface area contributed by atoms with Crippen molar-refractivity contribution in [2.45, 2.75) is 63.8 Å². The summed E-state index contributed by atoms with van der Waals surface area (Å²) >= 11 is 0. The smallest absolute Gasteiger partial charge is 0.305 e. The Morgan fingerprint density at radius 3 is 2.70 bits per heavy atom. The highest BCUT2D eigenvalue weighted by molar-refractivity contribution is 5.79. The molecule has 1 atom stereocenters. The highest BCUT2D eigenvalue weighted by atomic mass is 19.1. The molecule has 2 aromatic heterocycles. The maximum atomic E-state index is 13.4. The van der Waals surface area contributed by atoms with Crippen LogP contribution in [0.25, 0.3) is 22.4 Å². The minimum Gasteiger partial charge on any atom is -0.462 e. The molecule has 8 heteroatoms. The quantitative estimate of drug-likeness (QED) is 0.550. The summed E-state index contributed by atoms with van der Waals surface area (Å²) in [5, 5.41) is 0. The predicted molar refractivity (Wildman–Crippen MR) is 123 cm³/mol. The molecule has 3 heterocycles. The lowest BCUT2D eigenvalue weighted by Gasteiger charge is -2.30. The van der Waals surface area contributed by atoms with E-state index in [0.29, 0.717) is 17.8 Å². The van der Waals surface area contributed by atoms with Crippen molar-refractivity contribution in [1.29, 1.82) is 0 Å². The van der Waals surface area contributed by atoms with Gasteiger partial charge in [-0.2, -0.15) is 0 Å². The summed E-state index contributed by atoms with van der Waals surface area (Å²) in [6.45, 7) is 3.55. The number of H-pyrrole nitrogens is 1. The monoisotopic (exact) mass is 452 g/mol. The van der Waals surface area contributed by atoms with Gasteiger partial charge in [-0.25, -0.2) is 14.4 Å². The molecule has 5 rings (SSSR count). The van der Waals surface area contributed by atoms with Gasteiger partial charge < -0.3 is 19.4 Å². The number of esters is 1. The van der Waals surface area contributed by atoms with Gasteiger partial charge in [-0.3, -0.25) is 4.79 Å². The Morgan fingerprint density at radius 2 is 1.94 bits per heavy atom. The second-order valence-electron chi connectivity index (χ2n) is 8.89. The van der Waals surface area contributed by atoms with Crippen LogP contribution in [0.15, 0.2) is 36.5 Å². The largest absolute Gasteiger partial charge is 0.462 e. The Hall–Kier alpha value is -3.00. The van der Waals surface area contributed by atoms with E-state index < -0.39 is 0 Å². The number of aromatic nitrogens is 3. The Labute approximate surface area is 192 Å². The summed E-state index contributed by atoms with van der Waals surface area (Å²) in [5.74, 6) is 1.20. The standard InChI is InChI=1S/C25H29FN4O3/c1-2-24(31)33-19-7-5-18(6-8-19)32-20-11-12-30(15-20)23-10-3-16(14-27-23)25-28-21-9-4-17(26)13-22(21)29-25/h3-4,9-10,13-14,18-20H,2,5-8,11-12,15H2,1H3,(H,28,29). The van der Waals surface area contributed by atoms with Gasteiger partial charge in [-0.15, -0.1) is 0 Å². The number of carbonyl (C=O) groups excluding carboxylic acids is 1. The van der Waals surface area contributed by atoms with Gasteiger partial charge in [0.2, 0.25) is 0 Å². The van der Waals surface area contributed by atoms with Gasteiger partial charge in [0.25, 0.3) is 0 Å². The number of rotatable bonds is 6. The van der Waals surface area contributed by atoms with Crippen LogP contribution in [-0.4, -0.2) is 52.3 Å². The lowest BCUT2D eigenvalue weighted by molar-refractivity contribution is -0.152. The fourth-order valence-electron chi connectivity index (χ4n) is 4.71. The summed E-state index contributed by atoms with van der Waals surface area (Å²) in [6, 6.07) is 8.51. The zero-order valence-electron chi connectivity index (χ0n) is 18.8. The third-order valence-corrected chi connectivity index (χ3v) is 6.53. The first-order chi connectivity index (χ1) is 16.1. The topological polar surface area (TPSA) is 80.3 Å². The summed E-state index contributed by atoms with van der Waals surface area (Å²) < 4.78 is 25.3. The fraction of sp³-hybridized carbons (Fsp3) is 0.480. The number of hydrogen-bond acceptors (Lipinski definition) is 6. The molecule has 7 nitrogen and oxygen atoms in total. The Balaban J connectivity index is 1.14. The summed E-state index contributed by atoms with van der Waals surface area (Å²) in [4.78, 5) is 26.1. The number of fused-ring (bicyclic) bond motifs is 1. The van der Waals surface area contributed by atoms with E-state index in [1.54, 1.807) is 12.3 Å². The molecule has 1 N–H and O–H groups in total. The van der Waals surface area contributed by atoms with E-state index in [9.17, 15) is 9.18 Å².